The van der Waals surface area contributed by atoms with Crippen molar-refractivity contribution < 1.29 is 48.2 Å². The van der Waals surface area contributed by atoms with Crippen LogP contribution in [-0.2, 0) is 0 Å². The van der Waals surface area contributed by atoms with E-state index in [-0.39, 0.29) is 57.7 Å². The molecule has 6 nitrogen and oxygen atoms in total. The molecule has 2 aromatic heterocycles. The Morgan fingerprint density at radius 3 is 2.43 bits per heavy atom. The molecule has 0 bridgehead atoms. The minimum Gasteiger partial charge on any atom is -0.543 e. The van der Waals surface area contributed by atoms with E-state index in [0.29, 0.717) is 16.8 Å². The Labute approximate surface area is 191 Å². The van der Waals surface area contributed by atoms with E-state index >= 15 is 0 Å². The number of carboxylic acids is 1. The van der Waals surface area contributed by atoms with Gasteiger partial charge < -0.3 is 9.90 Å². The third kappa shape index (κ3) is 3.71. The van der Waals surface area contributed by atoms with Gasteiger partial charge in [-0.05, 0) is 37.3 Å². The van der Waals surface area contributed by atoms with Crippen molar-refractivity contribution in [2.24, 2.45) is 0 Å². The van der Waals surface area contributed by atoms with Crippen LogP contribution < -0.4 is 34.7 Å². The normalized spacial score (nSPS) is 10.5. The van der Waals surface area contributed by atoms with Gasteiger partial charge in [-0.1, -0.05) is 12.1 Å². The van der Waals surface area contributed by atoms with Crippen molar-refractivity contribution in [1.29, 1.82) is 5.26 Å². The van der Waals surface area contributed by atoms with Gasteiger partial charge in [-0.15, -0.1) is 0 Å². The average molecular weight is 412 g/mol. The zero-order chi connectivity index (χ0) is 20.7. The summed E-state index contributed by atoms with van der Waals surface area (Å²) in [7, 11) is 0. The Bertz CT molecular complexity index is 1330. The molecule has 0 saturated carbocycles. The van der Waals surface area contributed by atoms with Gasteiger partial charge in [0, 0.05) is 17.2 Å². The summed E-state index contributed by atoms with van der Waals surface area (Å²) >= 11 is 0. The molecule has 0 spiro atoms. The van der Waals surface area contributed by atoms with E-state index in [9.17, 15) is 18.7 Å². The van der Waals surface area contributed by atoms with Crippen LogP contribution in [0.3, 0.4) is 0 Å². The molecular weight excluding hydrogens is 401 g/mol. The third-order valence-electron chi connectivity index (χ3n) is 4.48. The van der Waals surface area contributed by atoms with Crippen molar-refractivity contribution in [3.63, 3.8) is 0 Å². The molecule has 0 fully saturated rings. The first-order valence-electron chi connectivity index (χ1n) is 8.46. The van der Waals surface area contributed by atoms with Crippen LogP contribution in [0.25, 0.3) is 28.0 Å². The predicted molar refractivity (Wildman–Crippen MR) is 97.6 cm³/mol. The number of nitrogens with zero attached hydrogens (tertiary/aromatic N) is 4. The molecule has 142 valence electrons. The Kier molecular flexibility index (Phi) is 5.99. The summed E-state index contributed by atoms with van der Waals surface area (Å²) in [6, 6.07) is 12.8. The fourth-order valence-electron chi connectivity index (χ4n) is 3.14. The minimum absolute atomic E-state index is 0. The molecule has 0 amide bonds. The molecule has 4 aromatic rings. The minimum atomic E-state index is -1.49. The number of fused-ring (bicyclic) bond motifs is 1. The molecule has 0 radical (unpaired) electrons. The molecule has 0 aliphatic heterocycles. The number of aryl methyl sites for hydroxylation is 1. The first-order valence-corrected chi connectivity index (χ1v) is 8.46. The quantitative estimate of drug-likeness (QED) is 0.438. The smallest absolute Gasteiger partial charge is 0.543 e. The molecule has 2 heterocycles. The van der Waals surface area contributed by atoms with Crippen LogP contribution in [0.2, 0.25) is 0 Å². The zero-order valence-corrected chi connectivity index (χ0v) is 18.0. The monoisotopic (exact) mass is 412 g/mol. The summed E-state index contributed by atoms with van der Waals surface area (Å²) < 4.78 is 28.8. The number of hydrogen-bond donors (Lipinski definition) is 0. The Morgan fingerprint density at radius 2 is 1.83 bits per heavy atom. The van der Waals surface area contributed by atoms with Crippen LogP contribution >= 0.6 is 0 Å². The second-order valence-electron chi connectivity index (χ2n) is 6.32. The summed E-state index contributed by atoms with van der Waals surface area (Å²) in [6.07, 6.45) is 0. The van der Waals surface area contributed by atoms with Gasteiger partial charge in [-0.25, -0.2) is 18.3 Å². The standard InChI is InChI=1S/C21H12F2N4O2.Na/c1-11-19(15-7-6-14(22)8-16(15)23)20-25-17(9-18(21(28)29)27(20)26-11)13-4-2-12(10-24)3-5-13;/h2-9H,1H3,(H,28,29);/q;+1/p-1. The van der Waals surface area contributed by atoms with E-state index in [0.717, 1.165) is 16.6 Å². The van der Waals surface area contributed by atoms with E-state index in [1.54, 1.807) is 31.2 Å². The van der Waals surface area contributed by atoms with E-state index in [1.165, 1.54) is 12.1 Å². The van der Waals surface area contributed by atoms with Crippen molar-refractivity contribution in [3.8, 4) is 28.5 Å². The van der Waals surface area contributed by atoms with Crippen LogP contribution in [0.15, 0.2) is 48.5 Å². The molecule has 4 rings (SSSR count). The molecule has 0 aliphatic rings. The molecule has 0 unspecified atom stereocenters. The van der Waals surface area contributed by atoms with Crippen LogP contribution in [0.1, 0.15) is 21.7 Å². The largest absolute Gasteiger partial charge is 1.00 e. The van der Waals surface area contributed by atoms with Gasteiger partial charge in [0.1, 0.15) is 11.6 Å². The number of halogens is 2. The fraction of sp³-hybridized carbons (Fsp3) is 0.0476. The van der Waals surface area contributed by atoms with Crippen LogP contribution in [-0.4, -0.2) is 20.6 Å². The Hall–Kier alpha value is -3.12. The summed E-state index contributed by atoms with van der Waals surface area (Å²) in [5.74, 6) is -3.04. The topological polar surface area (TPSA) is 94.1 Å². The van der Waals surface area contributed by atoms with Crippen molar-refractivity contribution in [3.05, 3.63) is 77.1 Å². The molecule has 0 N–H and O–H groups in total. The molecule has 0 saturated heterocycles. The number of rotatable bonds is 3. The number of carbonyl (C=O) groups excluding carboxylic acids is 1. The maximum absolute atomic E-state index is 14.4. The van der Waals surface area contributed by atoms with Gasteiger partial charge in [0.25, 0.3) is 0 Å². The van der Waals surface area contributed by atoms with Crippen molar-refractivity contribution >= 4 is 11.6 Å². The van der Waals surface area contributed by atoms with Gasteiger partial charge in [-0.2, -0.15) is 10.4 Å². The first-order chi connectivity index (χ1) is 13.9. The summed E-state index contributed by atoms with van der Waals surface area (Å²) in [5, 5.41) is 24.8. The predicted octanol–water partition coefficient (Wildman–Crippen LogP) is -0.111. The zero-order valence-electron chi connectivity index (χ0n) is 16.0. The van der Waals surface area contributed by atoms with E-state index in [4.69, 9.17) is 5.26 Å². The molecule has 0 aliphatic carbocycles. The second-order valence-corrected chi connectivity index (χ2v) is 6.32. The van der Waals surface area contributed by atoms with Crippen LogP contribution in [0.4, 0.5) is 8.78 Å². The molecule has 0 atom stereocenters. The van der Waals surface area contributed by atoms with Crippen LogP contribution in [0.5, 0.6) is 0 Å². The van der Waals surface area contributed by atoms with E-state index < -0.39 is 17.6 Å². The van der Waals surface area contributed by atoms with Crippen molar-refractivity contribution in [1.82, 2.24) is 14.6 Å². The Morgan fingerprint density at radius 1 is 1.13 bits per heavy atom. The van der Waals surface area contributed by atoms with Gasteiger partial charge in [0.2, 0.25) is 0 Å². The van der Waals surface area contributed by atoms with Gasteiger partial charge in [0.05, 0.1) is 40.2 Å². The Balaban J connectivity index is 0.00000256. The number of hydrogen-bond acceptors (Lipinski definition) is 5. The number of aromatic nitrogens is 3. The van der Waals surface area contributed by atoms with Gasteiger partial charge >= 0.3 is 29.6 Å². The van der Waals surface area contributed by atoms with Crippen LogP contribution in [0, 0.1) is 29.9 Å². The number of aromatic carboxylic acids is 1. The number of carbonyl (C=O) groups is 1. The van der Waals surface area contributed by atoms with Crippen molar-refractivity contribution in [2.75, 3.05) is 0 Å². The molecule has 2 aromatic carbocycles. The van der Waals surface area contributed by atoms with Gasteiger partial charge in [-0.3, -0.25) is 0 Å². The first kappa shape index (κ1) is 21.6. The summed E-state index contributed by atoms with van der Waals surface area (Å²) in [6.45, 7) is 1.58. The summed E-state index contributed by atoms with van der Waals surface area (Å²) in [4.78, 5) is 16.2. The number of benzene rings is 2. The molecule has 9 heteroatoms. The van der Waals surface area contributed by atoms with Crippen molar-refractivity contribution in [2.45, 2.75) is 6.92 Å². The maximum Gasteiger partial charge on any atom is 1.00 e. The SMILES string of the molecule is Cc1nn2c(C(=O)[O-])cc(-c3ccc(C#N)cc3)nc2c1-c1ccc(F)cc1F.[Na+]. The average Bonchev–Trinajstić information content (AvgIpc) is 3.03. The number of carboxylic acid groups (broad SMARTS) is 1. The molecule has 30 heavy (non-hydrogen) atoms. The van der Waals surface area contributed by atoms with E-state index in [2.05, 4.69) is 10.1 Å². The summed E-state index contributed by atoms with van der Waals surface area (Å²) in [5.41, 5.74) is 1.71. The second kappa shape index (κ2) is 8.32. The fourth-order valence-corrected chi connectivity index (χ4v) is 3.14. The van der Waals surface area contributed by atoms with E-state index in [1.807, 2.05) is 6.07 Å². The van der Waals surface area contributed by atoms with Gasteiger partial charge in [0.15, 0.2) is 5.65 Å². The number of nitriles is 1. The third-order valence-corrected chi connectivity index (χ3v) is 4.48. The maximum atomic E-state index is 14.4. The molecular formula is C21H11F2N4NaO2.